The van der Waals surface area contributed by atoms with E-state index in [2.05, 4.69) is 21.3 Å². The molecule has 0 aromatic heterocycles. The minimum atomic E-state index is -2.33. The zero-order valence-corrected chi connectivity index (χ0v) is 33.9. The van der Waals surface area contributed by atoms with Gasteiger partial charge in [0.1, 0.15) is 17.8 Å². The minimum absolute atomic E-state index is 0.0212. The van der Waals surface area contributed by atoms with Crippen molar-refractivity contribution in [3.8, 4) is 16.9 Å². The molecule has 0 saturated heterocycles. The van der Waals surface area contributed by atoms with E-state index in [9.17, 15) is 44.1 Å². The number of aliphatic hydroxyl groups is 2. The van der Waals surface area contributed by atoms with Crippen LogP contribution in [-0.4, -0.2) is 88.1 Å². The van der Waals surface area contributed by atoms with E-state index in [0.29, 0.717) is 28.0 Å². The molecule has 0 unspecified atom stereocenters. The first kappa shape index (κ1) is 44.4. The Morgan fingerprint density at radius 3 is 1.71 bits per heavy atom. The van der Waals surface area contributed by atoms with Gasteiger partial charge in [0.25, 0.3) is 11.8 Å². The molecule has 14 heteroatoms. The molecule has 5 aromatic rings. The number of methoxy groups -OCH3 is 1. The Kier molecular flexibility index (Phi) is 15.0. The number of hydrogen-bond acceptors (Lipinski definition) is 9. The molecule has 320 valence electrons. The number of benzene rings is 5. The number of fused-ring (bicyclic) bond motifs is 18. The number of hydrogen-bond donors (Lipinski definition) is 7. The van der Waals surface area contributed by atoms with Crippen molar-refractivity contribution in [2.45, 2.75) is 62.4 Å². The second-order valence-corrected chi connectivity index (χ2v) is 15.2. The maximum atomic E-state index is 14.5. The van der Waals surface area contributed by atoms with E-state index in [1.54, 1.807) is 66.7 Å². The van der Waals surface area contributed by atoms with E-state index >= 15 is 0 Å². The number of aliphatic carboxylic acids is 1. The van der Waals surface area contributed by atoms with Gasteiger partial charge in [0.05, 0.1) is 19.1 Å². The van der Waals surface area contributed by atoms with Crippen LogP contribution in [0.3, 0.4) is 0 Å². The van der Waals surface area contributed by atoms with Crippen molar-refractivity contribution in [1.82, 2.24) is 16.0 Å². The van der Waals surface area contributed by atoms with Crippen LogP contribution in [0.5, 0.6) is 5.75 Å². The quantitative estimate of drug-likeness (QED) is 0.107. The van der Waals surface area contributed by atoms with Crippen LogP contribution in [0.25, 0.3) is 11.1 Å². The highest BCUT2D eigenvalue weighted by atomic mass is 16.5. The molecule has 2 aliphatic heterocycles. The third-order valence-electron chi connectivity index (χ3n) is 10.7. The fourth-order valence-corrected chi connectivity index (χ4v) is 7.19. The zero-order valence-electron chi connectivity index (χ0n) is 33.9. The van der Waals surface area contributed by atoms with Crippen molar-refractivity contribution in [2.75, 3.05) is 12.4 Å². The van der Waals surface area contributed by atoms with Crippen molar-refractivity contribution in [2.24, 2.45) is 5.92 Å². The lowest BCUT2D eigenvalue weighted by atomic mass is 9.90. The summed E-state index contributed by atoms with van der Waals surface area (Å²) >= 11 is 0. The summed E-state index contributed by atoms with van der Waals surface area (Å²) in [5.74, 6) is -6.53. The van der Waals surface area contributed by atoms with Crippen molar-refractivity contribution in [3.05, 3.63) is 156 Å². The number of nitrogens with one attached hydrogen (secondary N) is 4. The summed E-state index contributed by atoms with van der Waals surface area (Å²) in [6.07, 6.45) is -5.35. The van der Waals surface area contributed by atoms with Crippen molar-refractivity contribution < 1.29 is 48.8 Å². The van der Waals surface area contributed by atoms with Crippen LogP contribution in [0.2, 0.25) is 0 Å². The van der Waals surface area contributed by atoms with Crippen LogP contribution in [0.15, 0.2) is 133 Å². The lowest BCUT2D eigenvalue weighted by Crippen LogP contribution is -2.59. The third kappa shape index (κ3) is 12.0. The average molecular weight is 841 g/mol. The van der Waals surface area contributed by atoms with Gasteiger partial charge in [0, 0.05) is 24.9 Å². The van der Waals surface area contributed by atoms with Crippen molar-refractivity contribution in [1.29, 1.82) is 0 Å². The van der Waals surface area contributed by atoms with Crippen LogP contribution >= 0.6 is 0 Å². The molecule has 2 heterocycles. The SMILES string of the molecule is COc1cccc(C[C@H]2NC(=O)[C@H](O)[C@@H](O)C(=O)Nc3ccc(cc3)C[C@@H](C(=O)O)CC(=O)[C@@H](Cc3ccccc3)NC(=O)[C@H](Cc3ccc(-c4ccccc4)cc3)NC2=O)c1. The highest BCUT2D eigenvalue weighted by Crippen LogP contribution is 2.22. The van der Waals surface area contributed by atoms with Crippen LogP contribution < -0.4 is 26.0 Å². The maximum absolute atomic E-state index is 14.5. The number of Topliss-reactive ketones (excluding diaryl/α,β-unsaturated/α-hetero) is 1. The minimum Gasteiger partial charge on any atom is -0.497 e. The third-order valence-corrected chi connectivity index (χ3v) is 10.7. The number of carbonyl (C=O) groups excluding carboxylic acids is 5. The van der Waals surface area contributed by atoms with Gasteiger partial charge >= 0.3 is 5.97 Å². The fraction of sp³-hybridized carbons (Fsp3) is 0.250. The first-order valence-corrected chi connectivity index (χ1v) is 20.1. The molecular formula is C48H48N4O10. The molecule has 0 radical (unpaired) electrons. The fourth-order valence-electron chi connectivity index (χ4n) is 7.19. The Bertz CT molecular complexity index is 2360. The number of ketones is 1. The number of aliphatic hydroxyl groups excluding tert-OH is 2. The number of carboxylic acid groups (broad SMARTS) is 1. The molecule has 14 nitrogen and oxygen atoms in total. The summed E-state index contributed by atoms with van der Waals surface area (Å²) in [7, 11) is 1.46. The van der Waals surface area contributed by atoms with Gasteiger partial charge in [0.15, 0.2) is 18.0 Å². The zero-order chi connectivity index (χ0) is 44.2. The molecule has 6 atom stereocenters. The van der Waals surface area contributed by atoms with Gasteiger partial charge in [-0.15, -0.1) is 0 Å². The number of rotatable bonds is 9. The number of amides is 4. The van der Waals surface area contributed by atoms with Gasteiger partial charge in [-0.1, -0.05) is 109 Å². The highest BCUT2D eigenvalue weighted by Gasteiger charge is 2.36. The molecular weight excluding hydrogens is 793 g/mol. The smallest absolute Gasteiger partial charge is 0.307 e. The number of carboxylic acids is 1. The summed E-state index contributed by atoms with van der Waals surface area (Å²) in [4.78, 5) is 82.2. The lowest BCUT2D eigenvalue weighted by Gasteiger charge is -2.27. The van der Waals surface area contributed by atoms with Crippen LogP contribution in [-0.2, 0) is 54.5 Å². The Balaban J connectivity index is 1.39. The molecule has 2 aliphatic rings. The number of ether oxygens (including phenoxy) is 1. The van der Waals surface area contributed by atoms with E-state index in [-0.39, 0.29) is 31.4 Å². The van der Waals surface area contributed by atoms with E-state index < -0.39 is 78.1 Å². The van der Waals surface area contributed by atoms with Crippen molar-refractivity contribution >= 4 is 41.1 Å². The summed E-state index contributed by atoms with van der Waals surface area (Å²) < 4.78 is 5.34. The van der Waals surface area contributed by atoms with Crippen LogP contribution in [0.4, 0.5) is 5.69 Å². The van der Waals surface area contributed by atoms with Gasteiger partial charge in [-0.05, 0) is 70.5 Å². The van der Waals surface area contributed by atoms with Gasteiger partial charge in [-0.2, -0.15) is 0 Å². The standard InChI is InChI=1S/C48H48N4O10/c1-62-37-14-8-11-32(24-37)27-40-45(57)51-39(26-31-15-19-34(20-16-31)33-12-6-3-7-13-33)44(56)50-38(25-29-9-4-2-5-10-29)41(53)28-35(48(60)61)23-30-17-21-36(22-18-30)49-46(58)42(54)43(55)47(59)52-40/h2-22,24,35,38-40,42-43,54-55H,23,25-28H2,1H3,(H,49,58)(H,50,56)(H,51,57)(H,52,59)(H,60,61)/t35-,38-,39+,40-,42-,43-/m1/s1. The number of carbonyl (C=O) groups is 6. The molecule has 0 spiro atoms. The highest BCUT2D eigenvalue weighted by molar-refractivity contribution is 6.00. The Labute approximate surface area is 358 Å². The van der Waals surface area contributed by atoms with E-state index in [0.717, 1.165) is 11.1 Å². The largest absolute Gasteiger partial charge is 0.497 e. The Hall–Kier alpha value is -7.16. The Morgan fingerprint density at radius 1 is 0.565 bits per heavy atom. The van der Waals surface area contributed by atoms with E-state index in [4.69, 9.17) is 4.74 Å². The second kappa shape index (κ2) is 20.9. The van der Waals surface area contributed by atoms with Crippen LogP contribution in [0, 0.1) is 5.92 Å². The van der Waals surface area contributed by atoms with E-state index in [1.165, 1.54) is 31.4 Å². The number of anilines is 1. The predicted molar refractivity (Wildman–Crippen MR) is 230 cm³/mol. The summed E-state index contributed by atoms with van der Waals surface area (Å²) in [6, 6.07) is 34.4. The maximum Gasteiger partial charge on any atom is 0.307 e. The predicted octanol–water partition coefficient (Wildman–Crippen LogP) is 3.42. The monoisotopic (exact) mass is 840 g/mol. The molecule has 0 aliphatic carbocycles. The molecule has 2 bridgehead atoms. The summed E-state index contributed by atoms with van der Waals surface area (Å²) in [5, 5.41) is 42.3. The lowest BCUT2D eigenvalue weighted by molar-refractivity contribution is -0.145. The second-order valence-electron chi connectivity index (χ2n) is 15.2. The van der Waals surface area contributed by atoms with Gasteiger partial charge in [-0.3, -0.25) is 28.8 Å². The molecule has 7 N–H and O–H groups in total. The van der Waals surface area contributed by atoms with Gasteiger partial charge < -0.3 is 41.3 Å². The average Bonchev–Trinajstić information content (AvgIpc) is 3.28. The Morgan fingerprint density at radius 2 is 1.08 bits per heavy atom. The summed E-state index contributed by atoms with van der Waals surface area (Å²) in [6.45, 7) is 0. The topological polar surface area (TPSA) is 220 Å². The molecule has 62 heavy (non-hydrogen) atoms. The van der Waals surface area contributed by atoms with Crippen LogP contribution in [0.1, 0.15) is 28.7 Å². The van der Waals surface area contributed by atoms with Crippen molar-refractivity contribution in [3.63, 3.8) is 0 Å². The molecule has 0 fully saturated rings. The van der Waals surface area contributed by atoms with E-state index in [1.807, 2.05) is 42.5 Å². The first-order chi connectivity index (χ1) is 29.9. The molecule has 4 amide bonds. The molecule has 0 saturated carbocycles. The first-order valence-electron chi connectivity index (χ1n) is 20.1. The molecule has 7 rings (SSSR count). The van der Waals surface area contributed by atoms with Gasteiger partial charge in [-0.25, -0.2) is 0 Å². The molecule has 5 aromatic carbocycles. The summed E-state index contributed by atoms with van der Waals surface area (Å²) in [5.41, 5.74) is 4.40. The normalized spacial score (nSPS) is 21.7. The van der Waals surface area contributed by atoms with Gasteiger partial charge in [0.2, 0.25) is 11.8 Å².